The molecule has 0 saturated carbocycles. The first-order valence-corrected chi connectivity index (χ1v) is 21.9. The van der Waals surface area contributed by atoms with E-state index in [2.05, 4.69) is 238 Å². The van der Waals surface area contributed by atoms with E-state index in [0.717, 1.165) is 61.4 Å². The van der Waals surface area contributed by atoms with Crippen molar-refractivity contribution in [2.75, 3.05) is 4.90 Å². The lowest BCUT2D eigenvalue weighted by Crippen LogP contribution is -2.10. The Labute approximate surface area is 374 Å². The molecule has 13 rings (SSSR count). The van der Waals surface area contributed by atoms with Crippen LogP contribution in [-0.2, 0) is 0 Å². The second-order valence-corrected chi connectivity index (χ2v) is 16.8. The van der Waals surface area contributed by atoms with E-state index in [1.165, 1.54) is 65.0 Å². The van der Waals surface area contributed by atoms with Gasteiger partial charge in [0.1, 0.15) is 0 Å². The molecule has 0 bridgehead atoms. The van der Waals surface area contributed by atoms with Crippen molar-refractivity contribution < 1.29 is 0 Å². The van der Waals surface area contributed by atoms with Crippen LogP contribution < -0.4 is 4.90 Å². The first kappa shape index (κ1) is 36.8. The van der Waals surface area contributed by atoms with Crippen molar-refractivity contribution in [2.45, 2.75) is 0 Å². The molecule has 65 heavy (non-hydrogen) atoms. The fourth-order valence-electron chi connectivity index (χ4n) is 9.63. The van der Waals surface area contributed by atoms with Gasteiger partial charge in [0, 0.05) is 39.0 Å². The largest absolute Gasteiger partial charge is 0.310 e. The Kier molecular flexibility index (Phi) is 8.46. The summed E-state index contributed by atoms with van der Waals surface area (Å²) in [5.41, 5.74) is 11.0. The van der Waals surface area contributed by atoms with Gasteiger partial charge in [-0.1, -0.05) is 152 Å². The molecule has 302 valence electrons. The molecule has 0 unspecified atom stereocenters. The topological polar surface area (TPSA) is 54.8 Å². The summed E-state index contributed by atoms with van der Waals surface area (Å²) < 4.78 is 0. The molecule has 13 aromatic rings. The van der Waals surface area contributed by atoms with Crippen LogP contribution in [0.1, 0.15) is 0 Å². The molecule has 0 N–H and O–H groups in total. The quantitative estimate of drug-likeness (QED) is 0.156. The molecule has 0 radical (unpaired) electrons. The Morgan fingerprint density at radius 3 is 1.22 bits per heavy atom. The molecule has 0 saturated heterocycles. The van der Waals surface area contributed by atoms with Crippen molar-refractivity contribution in [1.82, 2.24) is 20.4 Å². The summed E-state index contributed by atoms with van der Waals surface area (Å²) in [5.74, 6) is 0. The maximum Gasteiger partial charge on any atom is 0.0936 e. The van der Waals surface area contributed by atoms with Crippen LogP contribution in [0.4, 0.5) is 17.1 Å². The Hall–Kier alpha value is -8.80. The summed E-state index contributed by atoms with van der Waals surface area (Å²) in [4.78, 5) is 2.32. The fraction of sp³-hybridized carbons (Fsp3) is 0. The van der Waals surface area contributed by atoms with E-state index in [1.807, 2.05) is 12.1 Å². The second-order valence-electron chi connectivity index (χ2n) is 16.8. The number of nitrogens with zero attached hydrogens (tertiary/aromatic N) is 5. The maximum atomic E-state index is 4.67. The normalized spacial score (nSPS) is 11.7. The smallest absolute Gasteiger partial charge is 0.0936 e. The highest BCUT2D eigenvalue weighted by Gasteiger charge is 2.17. The van der Waals surface area contributed by atoms with Gasteiger partial charge in [-0.25, -0.2) is 0 Å². The molecule has 5 nitrogen and oxygen atoms in total. The van der Waals surface area contributed by atoms with Crippen molar-refractivity contribution in [3.05, 3.63) is 224 Å². The van der Waals surface area contributed by atoms with E-state index in [0.29, 0.717) is 0 Å². The maximum absolute atomic E-state index is 4.67. The third kappa shape index (κ3) is 6.40. The predicted molar refractivity (Wildman–Crippen MR) is 271 cm³/mol. The molecular formula is C60H37N5. The van der Waals surface area contributed by atoms with Crippen LogP contribution in [0, 0.1) is 0 Å². The van der Waals surface area contributed by atoms with Crippen LogP contribution >= 0.6 is 0 Å². The number of fused-ring (bicyclic) bond motifs is 10. The van der Waals surface area contributed by atoms with Gasteiger partial charge in [-0.05, 0) is 138 Å². The minimum absolute atomic E-state index is 0.835. The first-order valence-electron chi connectivity index (χ1n) is 21.9. The van der Waals surface area contributed by atoms with Gasteiger partial charge in [-0.2, -0.15) is 0 Å². The van der Waals surface area contributed by atoms with E-state index in [1.54, 1.807) is 0 Å². The van der Waals surface area contributed by atoms with Gasteiger partial charge in [0.05, 0.1) is 22.4 Å². The summed E-state index contributed by atoms with van der Waals surface area (Å²) in [6, 6.07) is 80.2. The molecule has 0 amide bonds. The molecule has 0 spiro atoms. The lowest BCUT2D eigenvalue weighted by atomic mass is 9.96. The number of hydrogen-bond acceptors (Lipinski definition) is 5. The van der Waals surface area contributed by atoms with Gasteiger partial charge >= 0.3 is 0 Å². The Balaban J connectivity index is 0.895. The van der Waals surface area contributed by atoms with Crippen molar-refractivity contribution in [2.24, 2.45) is 0 Å². The van der Waals surface area contributed by atoms with Crippen molar-refractivity contribution in [1.29, 1.82) is 0 Å². The molecule has 2 heterocycles. The molecule has 0 aliphatic heterocycles. The van der Waals surface area contributed by atoms with E-state index >= 15 is 0 Å². The van der Waals surface area contributed by atoms with Gasteiger partial charge in [0.2, 0.25) is 0 Å². The third-order valence-corrected chi connectivity index (χ3v) is 13.0. The summed E-state index contributed by atoms with van der Waals surface area (Å²) in [6.07, 6.45) is 0. The number of benzene rings is 11. The summed E-state index contributed by atoms with van der Waals surface area (Å²) >= 11 is 0. The third-order valence-electron chi connectivity index (χ3n) is 13.0. The Morgan fingerprint density at radius 1 is 0.231 bits per heavy atom. The molecule has 0 aliphatic carbocycles. The summed E-state index contributed by atoms with van der Waals surface area (Å²) in [7, 11) is 0. The zero-order valence-corrected chi connectivity index (χ0v) is 35.1. The van der Waals surface area contributed by atoms with Crippen molar-refractivity contribution in [3.63, 3.8) is 0 Å². The summed E-state index contributed by atoms with van der Waals surface area (Å²) in [5, 5.41) is 32.8. The van der Waals surface area contributed by atoms with E-state index in [9.17, 15) is 0 Å². The van der Waals surface area contributed by atoms with Gasteiger partial charge in [-0.3, -0.25) is 0 Å². The van der Waals surface area contributed by atoms with Crippen LogP contribution in [0.3, 0.4) is 0 Å². The van der Waals surface area contributed by atoms with E-state index in [-0.39, 0.29) is 0 Å². The van der Waals surface area contributed by atoms with E-state index < -0.39 is 0 Å². The molecule has 5 heteroatoms. The lowest BCUT2D eigenvalue weighted by molar-refractivity contribution is 1.08. The van der Waals surface area contributed by atoms with Crippen molar-refractivity contribution in [3.8, 4) is 33.6 Å². The number of rotatable bonds is 6. The SMILES string of the molecule is c1ccc2cc(-c3ccc4c(ccc5cc(N(c6ccc(-c7cc8c(ccc9ccccc98)nn7)cc6)c6ccc(-c7cc8c(ccc9ccccc98)nn7)cc6)ccc54)c3)ccc2c1. The zero-order valence-electron chi connectivity index (χ0n) is 35.1. The minimum Gasteiger partial charge on any atom is -0.310 e. The van der Waals surface area contributed by atoms with Gasteiger partial charge in [0.15, 0.2) is 0 Å². The molecule has 2 aromatic heterocycles. The molecule has 11 aromatic carbocycles. The number of anilines is 3. The zero-order chi connectivity index (χ0) is 42.8. The van der Waals surface area contributed by atoms with Crippen LogP contribution in [-0.4, -0.2) is 20.4 Å². The van der Waals surface area contributed by atoms with Crippen LogP contribution in [0.5, 0.6) is 0 Å². The van der Waals surface area contributed by atoms with Crippen LogP contribution in [0.15, 0.2) is 224 Å². The van der Waals surface area contributed by atoms with Gasteiger partial charge in [0.25, 0.3) is 0 Å². The molecule has 0 aliphatic rings. The first-order chi connectivity index (χ1) is 32.2. The van der Waals surface area contributed by atoms with Gasteiger partial charge < -0.3 is 4.90 Å². The average molecular weight is 828 g/mol. The minimum atomic E-state index is 0.835. The van der Waals surface area contributed by atoms with Gasteiger partial charge in [-0.15, -0.1) is 20.4 Å². The average Bonchev–Trinajstić information content (AvgIpc) is 3.38. The highest BCUT2D eigenvalue weighted by molar-refractivity contribution is 6.10. The molecular weight excluding hydrogens is 791 g/mol. The highest BCUT2D eigenvalue weighted by atomic mass is 15.1. The highest BCUT2D eigenvalue weighted by Crippen LogP contribution is 2.40. The standard InChI is InChI=1S/C60H37N5/c1-2-10-43-33-44(14-13-38(43)7-1)45-21-29-53-46(34-45)15-16-47-35-50(28-30-54(47)53)65(48-24-17-41(18-25-48)59-36-55-51-11-5-3-8-39(51)22-31-57(55)61-63-59)49-26-19-42(20-27-49)60-37-56-52-12-6-4-9-40(52)23-32-58(56)62-64-60/h1-37H. The fourth-order valence-corrected chi connectivity index (χ4v) is 9.63. The Bertz CT molecular complexity index is 3850. The Morgan fingerprint density at radius 2 is 0.631 bits per heavy atom. The predicted octanol–water partition coefficient (Wildman–Crippen LogP) is 15.8. The van der Waals surface area contributed by atoms with Crippen molar-refractivity contribution >= 4 is 92.7 Å². The number of hydrogen-bond donors (Lipinski definition) is 0. The van der Waals surface area contributed by atoms with Crippen LogP contribution in [0.2, 0.25) is 0 Å². The molecule has 0 fully saturated rings. The lowest BCUT2D eigenvalue weighted by Gasteiger charge is -2.26. The van der Waals surface area contributed by atoms with Crippen LogP contribution in [0.25, 0.3) is 109 Å². The number of aromatic nitrogens is 4. The monoisotopic (exact) mass is 827 g/mol. The molecule has 0 atom stereocenters. The second kappa shape index (κ2) is 14.9. The van der Waals surface area contributed by atoms with E-state index in [4.69, 9.17) is 0 Å². The summed E-state index contributed by atoms with van der Waals surface area (Å²) in [6.45, 7) is 0.